The molecule has 0 spiro atoms. The number of nitrogen functional groups attached to an aromatic ring is 1. The van der Waals surface area contributed by atoms with Gasteiger partial charge in [-0.25, -0.2) is 0 Å². The second kappa shape index (κ2) is 10.1. The number of carbonyl (C=O) groups is 1. The van der Waals surface area contributed by atoms with Crippen molar-refractivity contribution in [1.82, 2.24) is 4.90 Å². The first-order valence-electron chi connectivity index (χ1n) is 12.4. The number of hydrogen-bond donors (Lipinski definition) is 1. The van der Waals surface area contributed by atoms with Gasteiger partial charge in [-0.05, 0) is 93.4 Å². The third kappa shape index (κ3) is 4.97. The molecule has 2 fully saturated rings. The number of hydrogen-bond acceptors (Lipinski definition) is 6. The van der Waals surface area contributed by atoms with Gasteiger partial charge < -0.3 is 29.7 Å². The van der Waals surface area contributed by atoms with Crippen LogP contribution in [-0.2, 0) is 0 Å². The minimum atomic E-state index is -0.0900. The summed E-state index contributed by atoms with van der Waals surface area (Å²) in [5.74, 6) is 2.49. The van der Waals surface area contributed by atoms with Crippen LogP contribution in [0, 0.1) is 0 Å². The highest BCUT2D eigenvalue weighted by Gasteiger charge is 2.39. The van der Waals surface area contributed by atoms with Crippen LogP contribution in [-0.4, -0.2) is 50.2 Å². The van der Waals surface area contributed by atoms with Crippen LogP contribution < -0.4 is 24.8 Å². The van der Waals surface area contributed by atoms with Gasteiger partial charge in [0.1, 0.15) is 17.6 Å². The summed E-state index contributed by atoms with van der Waals surface area (Å²) in [6, 6.07) is 21.3. The quantitative estimate of drug-likeness (QED) is 0.453. The molecule has 1 amide bonds. The monoisotopic (exact) mass is 487 g/mol. The van der Waals surface area contributed by atoms with Crippen molar-refractivity contribution in [1.29, 1.82) is 0 Å². The van der Waals surface area contributed by atoms with Gasteiger partial charge in [0.25, 0.3) is 5.91 Å². The Morgan fingerprint density at radius 3 is 2.19 bits per heavy atom. The number of nitrogens with zero attached hydrogens (tertiary/aromatic N) is 2. The van der Waals surface area contributed by atoms with Crippen LogP contribution in [0.25, 0.3) is 0 Å². The number of methoxy groups -OCH3 is 1. The Morgan fingerprint density at radius 2 is 1.56 bits per heavy atom. The molecular formula is C29H33N3O4. The van der Waals surface area contributed by atoms with E-state index in [1.165, 1.54) is 12.8 Å². The van der Waals surface area contributed by atoms with E-state index in [2.05, 4.69) is 11.9 Å². The van der Waals surface area contributed by atoms with Gasteiger partial charge in [0, 0.05) is 42.1 Å². The van der Waals surface area contributed by atoms with Gasteiger partial charge in [0.15, 0.2) is 11.5 Å². The van der Waals surface area contributed by atoms with Gasteiger partial charge >= 0.3 is 0 Å². The van der Waals surface area contributed by atoms with Gasteiger partial charge in [-0.1, -0.05) is 0 Å². The van der Waals surface area contributed by atoms with E-state index in [9.17, 15) is 4.79 Å². The Hall–Kier alpha value is -3.71. The summed E-state index contributed by atoms with van der Waals surface area (Å²) in [5, 5.41) is 0. The third-order valence-electron chi connectivity index (χ3n) is 7.40. The van der Waals surface area contributed by atoms with E-state index in [0.29, 0.717) is 40.6 Å². The molecule has 2 N–H and O–H groups in total. The number of carbonyl (C=O) groups excluding carboxylic acids is 1. The second-order valence-electron chi connectivity index (χ2n) is 9.66. The lowest BCUT2D eigenvalue weighted by Gasteiger charge is -2.36. The summed E-state index contributed by atoms with van der Waals surface area (Å²) in [4.78, 5) is 17.2. The van der Waals surface area contributed by atoms with Crippen molar-refractivity contribution in [2.24, 2.45) is 0 Å². The average molecular weight is 488 g/mol. The highest BCUT2D eigenvalue weighted by atomic mass is 16.5. The van der Waals surface area contributed by atoms with Crippen LogP contribution in [0.15, 0.2) is 66.7 Å². The van der Waals surface area contributed by atoms with Gasteiger partial charge in [-0.15, -0.1) is 0 Å². The van der Waals surface area contributed by atoms with Crippen molar-refractivity contribution in [3.63, 3.8) is 0 Å². The van der Waals surface area contributed by atoms with Crippen LogP contribution in [0.1, 0.15) is 36.0 Å². The van der Waals surface area contributed by atoms with E-state index in [1.807, 2.05) is 48.5 Å². The van der Waals surface area contributed by atoms with Crippen LogP contribution in [0.3, 0.4) is 0 Å². The van der Waals surface area contributed by atoms with Crippen LogP contribution in [0.5, 0.6) is 23.0 Å². The number of anilines is 2. The molecule has 2 saturated heterocycles. The predicted octanol–water partition coefficient (Wildman–Crippen LogP) is 5.35. The lowest BCUT2D eigenvalue weighted by Crippen LogP contribution is -2.43. The van der Waals surface area contributed by atoms with E-state index >= 15 is 0 Å². The molecule has 5 rings (SSSR count). The summed E-state index contributed by atoms with van der Waals surface area (Å²) in [5.41, 5.74) is 7.79. The zero-order valence-electron chi connectivity index (χ0n) is 21.0. The van der Waals surface area contributed by atoms with Crippen molar-refractivity contribution >= 4 is 17.3 Å². The van der Waals surface area contributed by atoms with Crippen LogP contribution >= 0.6 is 0 Å². The number of nitrogens with two attached hydrogens (primary N) is 1. The van der Waals surface area contributed by atoms with Crippen molar-refractivity contribution in [3.8, 4) is 23.0 Å². The molecular weight excluding hydrogens is 454 g/mol. The lowest BCUT2D eigenvalue weighted by atomic mass is 10.0. The first-order chi connectivity index (χ1) is 17.4. The van der Waals surface area contributed by atoms with E-state index in [0.717, 1.165) is 24.3 Å². The van der Waals surface area contributed by atoms with E-state index in [1.54, 1.807) is 37.3 Å². The maximum atomic E-state index is 13.1. The topological polar surface area (TPSA) is 77.3 Å². The minimum absolute atomic E-state index is 0.0900. The summed E-state index contributed by atoms with van der Waals surface area (Å²) < 4.78 is 17.5. The molecule has 7 heteroatoms. The molecule has 0 saturated carbocycles. The summed E-state index contributed by atoms with van der Waals surface area (Å²) in [7, 11) is 5.56. The number of ether oxygens (including phenoxy) is 3. The average Bonchev–Trinajstić information content (AvgIpc) is 3.09. The Bertz CT molecular complexity index is 1200. The first-order valence-corrected chi connectivity index (χ1v) is 12.4. The molecule has 2 atom stereocenters. The lowest BCUT2D eigenvalue weighted by molar-refractivity contribution is 0.0661. The highest BCUT2D eigenvalue weighted by Crippen LogP contribution is 2.36. The number of piperidine rings is 1. The summed E-state index contributed by atoms with van der Waals surface area (Å²) in [6.45, 7) is 0. The molecule has 3 aromatic rings. The molecule has 3 aromatic carbocycles. The van der Waals surface area contributed by atoms with E-state index < -0.39 is 0 Å². The first kappa shape index (κ1) is 24.0. The van der Waals surface area contributed by atoms with Gasteiger partial charge in [0.2, 0.25) is 0 Å². The number of rotatable bonds is 7. The number of amides is 1. The molecule has 36 heavy (non-hydrogen) atoms. The Balaban J connectivity index is 1.20. The van der Waals surface area contributed by atoms with E-state index in [4.69, 9.17) is 19.9 Å². The predicted molar refractivity (Wildman–Crippen MR) is 141 cm³/mol. The normalized spacial score (nSPS) is 21.1. The van der Waals surface area contributed by atoms with Crippen LogP contribution in [0.2, 0.25) is 0 Å². The third-order valence-corrected chi connectivity index (χ3v) is 7.40. The fourth-order valence-corrected chi connectivity index (χ4v) is 5.27. The number of benzene rings is 3. The largest absolute Gasteiger partial charge is 0.493 e. The molecule has 2 heterocycles. The molecule has 2 bridgehead atoms. The van der Waals surface area contributed by atoms with Gasteiger partial charge in [-0.2, -0.15) is 0 Å². The molecule has 2 unspecified atom stereocenters. The Labute approximate surface area is 212 Å². The van der Waals surface area contributed by atoms with Gasteiger partial charge in [-0.3, -0.25) is 4.79 Å². The zero-order valence-corrected chi connectivity index (χ0v) is 21.0. The minimum Gasteiger partial charge on any atom is -0.493 e. The molecule has 7 nitrogen and oxygen atoms in total. The van der Waals surface area contributed by atoms with E-state index in [-0.39, 0.29) is 12.0 Å². The fraction of sp³-hybridized carbons (Fsp3) is 0.345. The zero-order chi connectivity index (χ0) is 25.2. The van der Waals surface area contributed by atoms with Crippen molar-refractivity contribution < 1.29 is 19.0 Å². The smallest absolute Gasteiger partial charge is 0.258 e. The standard InChI is InChI=1S/C29H33N3O4/c1-31-22-7-8-23(31)18-26(17-22)35-24-11-4-19(5-12-24)29(33)32(2)21-9-13-25(14-10-21)36-27-15-6-20(30)16-28(27)34-3/h4-6,9-16,22-23,26H,7-8,17-18,30H2,1-3H3. The number of fused-ring (bicyclic) bond motifs is 2. The Morgan fingerprint density at radius 1 is 0.917 bits per heavy atom. The maximum absolute atomic E-state index is 13.1. The molecule has 188 valence electrons. The van der Waals surface area contributed by atoms with Crippen molar-refractivity contribution in [2.75, 3.05) is 31.8 Å². The molecule has 0 aliphatic carbocycles. The van der Waals surface area contributed by atoms with Crippen molar-refractivity contribution in [3.05, 3.63) is 72.3 Å². The summed E-state index contributed by atoms with van der Waals surface area (Å²) in [6.07, 6.45) is 4.92. The SMILES string of the molecule is COc1cc(N)ccc1Oc1ccc(N(C)C(=O)c2ccc(OC3CC4CCC(C3)N4C)cc2)cc1. The molecule has 0 aromatic heterocycles. The Kier molecular flexibility index (Phi) is 6.74. The molecule has 0 radical (unpaired) electrons. The fourth-order valence-electron chi connectivity index (χ4n) is 5.27. The van der Waals surface area contributed by atoms with Crippen molar-refractivity contribution in [2.45, 2.75) is 43.9 Å². The summed E-state index contributed by atoms with van der Waals surface area (Å²) >= 11 is 0. The maximum Gasteiger partial charge on any atom is 0.258 e. The highest BCUT2D eigenvalue weighted by molar-refractivity contribution is 6.05. The second-order valence-corrected chi connectivity index (χ2v) is 9.66. The molecule has 2 aliphatic heterocycles. The van der Waals surface area contributed by atoms with Gasteiger partial charge in [0.05, 0.1) is 7.11 Å². The van der Waals surface area contributed by atoms with Crippen LogP contribution in [0.4, 0.5) is 11.4 Å². The molecule has 2 aliphatic rings.